The van der Waals surface area contributed by atoms with Crippen molar-refractivity contribution in [2.45, 2.75) is 0 Å². The maximum absolute atomic E-state index is 4.26. The van der Waals surface area contributed by atoms with Gasteiger partial charge in [0.25, 0.3) is 0 Å². The second-order valence-corrected chi connectivity index (χ2v) is 2.96. The summed E-state index contributed by atoms with van der Waals surface area (Å²) in [5.74, 6) is 1.15. The molecular formula is C9H6N6. The smallest absolute Gasteiger partial charge is 0.187 e. The van der Waals surface area contributed by atoms with E-state index in [1.54, 1.807) is 18.5 Å². The number of fused-ring (bicyclic) bond motifs is 1. The zero-order valence-corrected chi connectivity index (χ0v) is 7.62. The van der Waals surface area contributed by atoms with Gasteiger partial charge >= 0.3 is 0 Å². The second kappa shape index (κ2) is 3.09. The highest BCUT2D eigenvalue weighted by Crippen LogP contribution is 2.27. The van der Waals surface area contributed by atoms with Crippen LogP contribution in [0.2, 0.25) is 0 Å². The molecule has 0 atom stereocenters. The average Bonchev–Trinajstić information content (AvgIpc) is 2.85. The van der Waals surface area contributed by atoms with Gasteiger partial charge in [-0.3, -0.25) is 0 Å². The Morgan fingerprint density at radius 1 is 1.20 bits per heavy atom. The van der Waals surface area contributed by atoms with E-state index in [9.17, 15) is 0 Å². The highest BCUT2D eigenvalue weighted by Gasteiger charge is 2.16. The molecule has 0 spiro atoms. The Labute approximate surface area is 84.8 Å². The number of aromatic nitrogens is 3. The molecule has 0 fully saturated rings. The first-order valence-electron chi connectivity index (χ1n) is 4.37. The molecule has 1 aliphatic heterocycles. The van der Waals surface area contributed by atoms with Crippen molar-refractivity contribution < 1.29 is 0 Å². The molecule has 2 aromatic heterocycles. The Balaban J connectivity index is 2.05. The molecule has 6 nitrogen and oxygen atoms in total. The zero-order chi connectivity index (χ0) is 10.1. The summed E-state index contributed by atoms with van der Waals surface area (Å²) < 4.78 is 0. The monoisotopic (exact) mass is 198 g/mol. The van der Waals surface area contributed by atoms with Gasteiger partial charge in [-0.15, -0.1) is 10.2 Å². The number of aromatic amines is 1. The molecule has 3 heterocycles. The third-order valence-electron chi connectivity index (χ3n) is 2.00. The molecule has 1 aliphatic rings. The molecule has 1 N–H and O–H groups in total. The van der Waals surface area contributed by atoms with E-state index in [1.807, 2.05) is 6.20 Å². The molecule has 0 amide bonds. The lowest BCUT2D eigenvalue weighted by Gasteiger charge is -1.91. The molecule has 15 heavy (non-hydrogen) atoms. The lowest BCUT2D eigenvalue weighted by atomic mass is 10.3. The number of rotatable bonds is 1. The first-order valence-corrected chi connectivity index (χ1v) is 4.37. The number of nitrogens with zero attached hydrogens (tertiary/aromatic N) is 5. The largest absolute Gasteiger partial charge is 0.365 e. The Bertz CT molecular complexity index is 539. The number of H-pyrrole nitrogens is 1. The van der Waals surface area contributed by atoms with Gasteiger partial charge in [0, 0.05) is 24.7 Å². The molecule has 0 saturated heterocycles. The van der Waals surface area contributed by atoms with E-state index in [0.717, 1.165) is 11.3 Å². The summed E-state index contributed by atoms with van der Waals surface area (Å²) in [7, 11) is 0. The van der Waals surface area contributed by atoms with Gasteiger partial charge in [-0.2, -0.15) is 0 Å². The summed E-state index contributed by atoms with van der Waals surface area (Å²) in [6.07, 6.45) is 6.68. The molecule has 0 bridgehead atoms. The molecular weight excluding hydrogens is 192 g/mol. The summed E-state index contributed by atoms with van der Waals surface area (Å²) in [6, 6.07) is 1.72. The van der Waals surface area contributed by atoms with Crippen LogP contribution in [0, 0.1) is 0 Å². The van der Waals surface area contributed by atoms with Crippen molar-refractivity contribution in [3.63, 3.8) is 0 Å². The van der Waals surface area contributed by atoms with Crippen LogP contribution in [0.3, 0.4) is 0 Å². The normalized spacial score (nSPS) is 15.9. The van der Waals surface area contributed by atoms with Crippen LogP contribution in [0.5, 0.6) is 0 Å². The second-order valence-electron chi connectivity index (χ2n) is 2.96. The lowest BCUT2D eigenvalue weighted by Crippen LogP contribution is -1.90. The summed E-state index contributed by atoms with van der Waals surface area (Å²) in [4.78, 5) is 15.0. The van der Waals surface area contributed by atoms with E-state index in [2.05, 4.69) is 30.2 Å². The Kier molecular flexibility index (Phi) is 1.64. The summed E-state index contributed by atoms with van der Waals surface area (Å²) in [6.45, 7) is 0. The van der Waals surface area contributed by atoms with Gasteiger partial charge in [-0.25, -0.2) is 15.0 Å². The van der Waals surface area contributed by atoms with Crippen molar-refractivity contribution in [3.05, 3.63) is 36.5 Å². The van der Waals surface area contributed by atoms with E-state index in [1.165, 1.54) is 6.33 Å². The van der Waals surface area contributed by atoms with E-state index >= 15 is 0 Å². The van der Waals surface area contributed by atoms with Crippen molar-refractivity contribution >= 4 is 17.3 Å². The van der Waals surface area contributed by atoms with E-state index in [-0.39, 0.29) is 0 Å². The van der Waals surface area contributed by atoms with Crippen molar-refractivity contribution in [1.82, 2.24) is 15.0 Å². The van der Waals surface area contributed by atoms with Gasteiger partial charge in [-0.05, 0) is 0 Å². The Hall–Kier alpha value is -2.37. The van der Waals surface area contributed by atoms with Gasteiger partial charge in [-0.1, -0.05) is 0 Å². The third kappa shape index (κ3) is 1.32. The quantitative estimate of drug-likeness (QED) is 0.760. The van der Waals surface area contributed by atoms with Gasteiger partial charge in [0.2, 0.25) is 0 Å². The van der Waals surface area contributed by atoms with E-state index < -0.39 is 0 Å². The van der Waals surface area contributed by atoms with Crippen LogP contribution >= 0.6 is 0 Å². The predicted octanol–water partition coefficient (Wildman–Crippen LogP) is 1.98. The van der Waals surface area contributed by atoms with Crippen molar-refractivity contribution in [2.24, 2.45) is 15.2 Å². The van der Waals surface area contributed by atoms with E-state index in [0.29, 0.717) is 11.7 Å². The lowest BCUT2D eigenvalue weighted by molar-refractivity contribution is 1.15. The molecule has 0 aromatic carbocycles. The molecule has 0 radical (unpaired) electrons. The van der Waals surface area contributed by atoms with Crippen molar-refractivity contribution in [1.29, 1.82) is 0 Å². The molecule has 0 aliphatic carbocycles. The minimum atomic E-state index is 0.574. The fraction of sp³-hybridized carbons (Fsp3) is 0. The van der Waals surface area contributed by atoms with E-state index in [4.69, 9.17) is 0 Å². The highest BCUT2D eigenvalue weighted by molar-refractivity contribution is 6.06. The standard InChI is InChI=1S/C9H6N6/c1-2-10-5-12-8(1)13-9-6-3-11-4-7(6)14-15-9/h1-5,11H. The number of nitrogens with one attached hydrogen (secondary N) is 1. The van der Waals surface area contributed by atoms with Crippen LogP contribution in [-0.2, 0) is 0 Å². The van der Waals surface area contributed by atoms with Crippen molar-refractivity contribution in [2.75, 3.05) is 0 Å². The number of aliphatic imine (C=N–C) groups is 1. The molecule has 72 valence electrons. The van der Waals surface area contributed by atoms with Gasteiger partial charge in [0.1, 0.15) is 12.0 Å². The molecule has 2 aromatic rings. The number of hydrogen-bond acceptors (Lipinski definition) is 4. The third-order valence-corrected chi connectivity index (χ3v) is 2.00. The maximum atomic E-state index is 4.26. The maximum Gasteiger partial charge on any atom is 0.187 e. The highest BCUT2D eigenvalue weighted by atomic mass is 15.2. The number of hydrogen-bond donors (Lipinski definition) is 1. The van der Waals surface area contributed by atoms with Gasteiger partial charge < -0.3 is 4.98 Å². The SMILES string of the molecule is c1cc(N=C2N=Nc3c[nH]cc32)ncn1. The summed E-state index contributed by atoms with van der Waals surface area (Å²) >= 11 is 0. The van der Waals surface area contributed by atoms with Crippen LogP contribution in [0.15, 0.2) is 46.2 Å². The Morgan fingerprint density at radius 2 is 2.20 bits per heavy atom. The fourth-order valence-electron chi connectivity index (χ4n) is 1.31. The molecule has 0 unspecified atom stereocenters. The van der Waals surface area contributed by atoms with Gasteiger partial charge in [0.05, 0.1) is 5.56 Å². The fourth-order valence-corrected chi connectivity index (χ4v) is 1.31. The zero-order valence-electron chi connectivity index (χ0n) is 7.62. The summed E-state index contributed by atoms with van der Waals surface area (Å²) in [5.41, 5.74) is 1.71. The molecule has 0 saturated carbocycles. The topological polar surface area (TPSA) is 78.6 Å². The Morgan fingerprint density at radius 3 is 3.07 bits per heavy atom. The number of amidine groups is 1. The molecule has 6 heteroatoms. The van der Waals surface area contributed by atoms with Crippen molar-refractivity contribution in [3.8, 4) is 0 Å². The van der Waals surface area contributed by atoms with Gasteiger partial charge in [0.15, 0.2) is 11.7 Å². The average molecular weight is 198 g/mol. The van der Waals surface area contributed by atoms with Crippen LogP contribution < -0.4 is 0 Å². The van der Waals surface area contributed by atoms with Crippen LogP contribution in [-0.4, -0.2) is 20.8 Å². The predicted molar refractivity (Wildman–Crippen MR) is 53.5 cm³/mol. The van der Waals surface area contributed by atoms with Crippen LogP contribution in [0.25, 0.3) is 0 Å². The number of azo groups is 1. The summed E-state index contributed by atoms with van der Waals surface area (Å²) in [5, 5.41) is 7.91. The first kappa shape index (κ1) is 7.98. The first-order chi connectivity index (χ1) is 7.43. The van der Waals surface area contributed by atoms with Crippen LogP contribution in [0.1, 0.15) is 5.56 Å². The molecule has 3 rings (SSSR count). The van der Waals surface area contributed by atoms with Crippen LogP contribution in [0.4, 0.5) is 11.5 Å². The minimum absolute atomic E-state index is 0.574. The minimum Gasteiger partial charge on any atom is -0.365 e.